The second-order valence-electron chi connectivity index (χ2n) is 32.4. The van der Waals surface area contributed by atoms with Crippen molar-refractivity contribution in [1.82, 2.24) is 63.1 Å². The number of aromatic nitrogens is 13. The first kappa shape index (κ1) is 77.0. The third-order valence-corrected chi connectivity index (χ3v) is 25.8. The maximum Gasteiger partial charge on any atom is 0.238 e. The second-order valence-corrected chi connectivity index (χ2v) is 33.5. The minimum absolute atomic E-state index is 0.590. The highest BCUT2D eigenvalue weighted by Crippen LogP contribution is 2.44. The van der Waals surface area contributed by atoms with Crippen LogP contribution in [0.15, 0.2) is 455 Å². The normalized spacial score (nSPS) is 11.5. The monoisotopic (exact) mass is 1690 g/mol. The van der Waals surface area contributed by atoms with Crippen LogP contribution in [0.2, 0.25) is 0 Å². The lowest BCUT2D eigenvalue weighted by Gasteiger charge is -2.11. The molecular weight excluding hydrogens is 1620 g/mol. The van der Waals surface area contributed by atoms with Gasteiger partial charge in [0.15, 0.2) is 29.1 Å². The Balaban J connectivity index is 0.000000109. The van der Waals surface area contributed by atoms with Crippen LogP contribution in [0.25, 0.3) is 232 Å². The zero-order valence-electron chi connectivity index (χ0n) is 70.5. The van der Waals surface area contributed by atoms with Crippen LogP contribution in [0, 0.1) is 0 Å². The highest BCUT2D eigenvalue weighted by Gasteiger charge is 2.24. The van der Waals surface area contributed by atoms with E-state index in [1.807, 2.05) is 163 Å². The van der Waals surface area contributed by atoms with E-state index in [2.05, 4.69) is 325 Å². The van der Waals surface area contributed by atoms with E-state index in [1.54, 1.807) is 6.33 Å². The zero-order chi connectivity index (χ0) is 86.7. The van der Waals surface area contributed by atoms with Crippen LogP contribution in [-0.2, 0) is 0 Å². The van der Waals surface area contributed by atoms with Crippen molar-refractivity contribution in [2.75, 3.05) is 0 Å². The lowest BCUT2D eigenvalue weighted by molar-refractivity contribution is 0.946. The summed E-state index contributed by atoms with van der Waals surface area (Å²) in [6, 6.07) is 157. The Morgan fingerprint density at radius 1 is 0.153 bits per heavy atom. The average Bonchev–Trinajstić information content (AvgIpc) is 1.60. The summed E-state index contributed by atoms with van der Waals surface area (Å²) in [5.74, 6) is 5.02. The van der Waals surface area contributed by atoms with Crippen molar-refractivity contribution in [2.24, 2.45) is 0 Å². The molecule has 18 aromatic carbocycles. The molecule has 0 radical (unpaired) electrons. The molecule has 8 heterocycles. The smallest absolute Gasteiger partial charge is 0.238 e. The fourth-order valence-corrected chi connectivity index (χ4v) is 19.5. The first-order valence-corrected chi connectivity index (χ1v) is 44.5. The molecule has 0 fully saturated rings. The van der Waals surface area contributed by atoms with Gasteiger partial charge in [-0.15, -0.1) is 11.3 Å². The lowest BCUT2D eigenvalue weighted by Crippen LogP contribution is -2.06. The van der Waals surface area contributed by atoms with Gasteiger partial charge in [0, 0.05) is 96.8 Å². The van der Waals surface area contributed by atoms with Crippen LogP contribution in [0.4, 0.5) is 0 Å². The summed E-state index contributed by atoms with van der Waals surface area (Å²) in [6.07, 6.45) is 1.60. The van der Waals surface area contributed by atoms with Crippen molar-refractivity contribution in [3.05, 3.63) is 455 Å². The largest absolute Gasteiger partial charge is 0.309 e. The highest BCUT2D eigenvalue weighted by molar-refractivity contribution is 7.25. The Hall–Kier alpha value is -17.6. The van der Waals surface area contributed by atoms with E-state index in [0.717, 1.165) is 98.9 Å². The van der Waals surface area contributed by atoms with E-state index in [9.17, 15) is 0 Å². The summed E-state index contributed by atoms with van der Waals surface area (Å²) >= 11 is 1.85. The van der Waals surface area contributed by atoms with Gasteiger partial charge >= 0.3 is 0 Å². The second kappa shape index (κ2) is 33.1. The molecule has 0 bridgehead atoms. The molecular formula is C117H75N13S. The molecule has 0 aliphatic carbocycles. The minimum Gasteiger partial charge on any atom is -0.309 e. The predicted octanol–water partition coefficient (Wildman–Crippen LogP) is 29.4. The number of hydrogen-bond donors (Lipinski definition) is 0. The Bertz CT molecular complexity index is 8610. The molecule has 0 aliphatic heterocycles. The first-order valence-electron chi connectivity index (χ1n) is 43.7. The van der Waals surface area contributed by atoms with Crippen molar-refractivity contribution in [2.45, 2.75) is 0 Å². The molecule has 0 saturated heterocycles. The summed E-state index contributed by atoms with van der Waals surface area (Å²) in [4.78, 5) is 44.0. The molecule has 0 atom stereocenters. The molecule has 0 N–H and O–H groups in total. The van der Waals surface area contributed by atoms with Crippen LogP contribution >= 0.6 is 11.3 Å². The Labute approximate surface area is 756 Å². The summed E-state index contributed by atoms with van der Waals surface area (Å²) < 4.78 is 11.5. The van der Waals surface area contributed by atoms with E-state index in [1.165, 1.54) is 86.5 Å². The SMILES string of the molecule is c1ccc(-c2ccc3c(c2)c2cc(-c4ccccc4)ccc2n3-c2nc(-c3ccccc3)nc(-c3ccccc3)n2)cc1.c1ccc(-c2nc(-c3ccccc3)nc(-n3c4ccccc4c4cc(-c5ccc6sc7ccccc7c6c5)ccc43)n2)cc1.c1ccc(-c2ncnc(-n3c4ccccc4c4cc(-c5ccc6c(c5)c5ccccc5n6-c5ccccc5)ccc43)n2)cc1. The third kappa shape index (κ3) is 14.2. The molecule has 26 rings (SSSR count). The van der Waals surface area contributed by atoms with E-state index in [0.29, 0.717) is 47.0 Å². The van der Waals surface area contributed by atoms with Gasteiger partial charge in [0.25, 0.3) is 0 Å². The van der Waals surface area contributed by atoms with Crippen molar-refractivity contribution in [3.63, 3.8) is 0 Å². The topological polar surface area (TPSA) is 136 Å². The number of thiophene rings is 1. The molecule has 8 aromatic heterocycles. The zero-order valence-corrected chi connectivity index (χ0v) is 71.3. The van der Waals surface area contributed by atoms with Gasteiger partial charge in [0.05, 0.1) is 44.1 Å². The third-order valence-electron chi connectivity index (χ3n) is 24.6. The Morgan fingerprint density at radius 2 is 0.405 bits per heavy atom. The average molecular weight is 1700 g/mol. The number of rotatable bonds is 13. The minimum atomic E-state index is 0.590. The standard InChI is InChI=1S/C39H25N5.C39H24N4S.C39H26N4/c1-3-11-26(12-4-1)38-40-25-41-39(42-38)44-35-18-10-8-16-31(35)33-24-28(20-22-37(33)44)27-19-21-36-32(23-27)30-15-7-9-17-34(30)43(36)29-13-5-2-6-14-29;1-3-11-25(12-4-1)37-40-38(26-13-5-2-6-14-26)42-39(41-37)43-33-17-9-7-15-29(33)31-23-27(19-21-34(31)43)28-20-22-36-32(24-28)30-16-8-10-18-35(30)44-36;1-5-13-27(14-6-1)31-21-23-35-33(25-31)34-26-32(28-15-7-2-8-16-28)22-24-36(34)43(35)39-41-37(29-17-9-3-10-18-29)40-38(42-39)30-19-11-4-12-20-30/h1-25H;1-24H;1-26H. The first-order chi connectivity index (χ1) is 64.9. The van der Waals surface area contributed by atoms with Crippen LogP contribution in [0.1, 0.15) is 0 Å². The number of para-hydroxylation sites is 4. The number of benzene rings is 18. The van der Waals surface area contributed by atoms with Gasteiger partial charge < -0.3 is 4.57 Å². The molecule has 0 unspecified atom stereocenters. The van der Waals surface area contributed by atoms with Crippen molar-refractivity contribution >= 4 is 119 Å². The summed E-state index contributed by atoms with van der Waals surface area (Å²) in [5, 5.41) is 12.0. The molecule has 131 heavy (non-hydrogen) atoms. The maximum atomic E-state index is 5.07. The molecule has 0 saturated carbocycles. The molecule has 0 aliphatic rings. The number of fused-ring (bicyclic) bond motifs is 15. The summed E-state index contributed by atoms with van der Waals surface area (Å²) in [7, 11) is 0. The Kier molecular flexibility index (Phi) is 19.4. The van der Waals surface area contributed by atoms with Crippen LogP contribution in [0.3, 0.4) is 0 Å². The Morgan fingerprint density at radius 3 is 0.786 bits per heavy atom. The van der Waals surface area contributed by atoms with Gasteiger partial charge in [-0.1, -0.05) is 340 Å². The predicted molar refractivity (Wildman–Crippen MR) is 539 cm³/mol. The molecule has 0 spiro atoms. The number of hydrogen-bond acceptors (Lipinski definition) is 10. The molecule has 14 heteroatoms. The lowest BCUT2D eigenvalue weighted by atomic mass is 10.0. The molecule has 13 nitrogen and oxygen atoms in total. The fraction of sp³-hybridized carbons (Fsp3) is 0. The van der Waals surface area contributed by atoms with E-state index >= 15 is 0 Å². The highest BCUT2D eigenvalue weighted by atomic mass is 32.1. The van der Waals surface area contributed by atoms with Crippen LogP contribution in [0.5, 0.6) is 0 Å². The van der Waals surface area contributed by atoms with E-state index in [4.69, 9.17) is 34.9 Å². The quantitative estimate of drug-likeness (QED) is 0.111. The maximum absolute atomic E-state index is 5.07. The van der Waals surface area contributed by atoms with Gasteiger partial charge in [-0.3, -0.25) is 13.7 Å². The van der Waals surface area contributed by atoms with E-state index in [-0.39, 0.29) is 0 Å². The van der Waals surface area contributed by atoms with Gasteiger partial charge in [-0.2, -0.15) is 24.9 Å². The molecule has 614 valence electrons. The van der Waals surface area contributed by atoms with E-state index < -0.39 is 0 Å². The fourth-order valence-electron chi connectivity index (χ4n) is 18.4. The number of nitrogens with zero attached hydrogens (tertiary/aromatic N) is 13. The summed E-state index contributed by atoms with van der Waals surface area (Å²) in [5.41, 5.74) is 24.1. The van der Waals surface area contributed by atoms with Crippen LogP contribution < -0.4 is 0 Å². The van der Waals surface area contributed by atoms with Gasteiger partial charge in [0.1, 0.15) is 6.33 Å². The molecule has 26 aromatic rings. The molecule has 0 amide bonds. The summed E-state index contributed by atoms with van der Waals surface area (Å²) in [6.45, 7) is 0. The van der Waals surface area contributed by atoms with Crippen molar-refractivity contribution in [3.8, 4) is 125 Å². The van der Waals surface area contributed by atoms with Gasteiger partial charge in [0.2, 0.25) is 17.8 Å². The van der Waals surface area contributed by atoms with Crippen molar-refractivity contribution < 1.29 is 0 Å². The van der Waals surface area contributed by atoms with Crippen molar-refractivity contribution in [1.29, 1.82) is 0 Å². The van der Waals surface area contributed by atoms with Gasteiger partial charge in [-0.05, 0) is 154 Å². The van der Waals surface area contributed by atoms with Crippen LogP contribution in [-0.4, -0.2) is 63.1 Å². The van der Waals surface area contributed by atoms with Gasteiger partial charge in [-0.25, -0.2) is 19.9 Å².